The van der Waals surface area contributed by atoms with Gasteiger partial charge < -0.3 is 15.1 Å². The smallest absolute Gasteiger partial charge is 0.322 e. The van der Waals surface area contributed by atoms with Gasteiger partial charge in [0.2, 0.25) is 0 Å². The highest BCUT2D eigenvalue weighted by Crippen LogP contribution is 2.23. The molecule has 3 aromatic heterocycles. The van der Waals surface area contributed by atoms with E-state index in [0.29, 0.717) is 31.9 Å². The molecule has 10 nitrogen and oxygen atoms in total. The van der Waals surface area contributed by atoms with E-state index in [1.165, 1.54) is 18.7 Å². The Hall–Kier alpha value is -3.31. The number of carbonyl (C=O) groups is 1. The van der Waals surface area contributed by atoms with Crippen molar-refractivity contribution in [1.82, 2.24) is 34.4 Å². The maximum atomic E-state index is 12.4. The van der Waals surface area contributed by atoms with E-state index in [2.05, 4.69) is 30.4 Å². The van der Waals surface area contributed by atoms with Crippen molar-refractivity contribution in [2.24, 2.45) is 7.05 Å². The van der Waals surface area contributed by atoms with E-state index in [9.17, 15) is 13.6 Å². The number of amides is 2. The monoisotopic (exact) mass is 391 g/mol. The van der Waals surface area contributed by atoms with E-state index in [1.54, 1.807) is 15.8 Å². The molecule has 0 aliphatic carbocycles. The van der Waals surface area contributed by atoms with Gasteiger partial charge in [-0.2, -0.15) is 10.2 Å². The quantitative estimate of drug-likeness (QED) is 0.717. The second-order valence-corrected chi connectivity index (χ2v) is 6.45. The number of halogens is 2. The molecule has 1 fully saturated rings. The van der Waals surface area contributed by atoms with Gasteiger partial charge in [0, 0.05) is 39.4 Å². The van der Waals surface area contributed by atoms with Gasteiger partial charge in [0.15, 0.2) is 5.65 Å². The van der Waals surface area contributed by atoms with Crippen LogP contribution in [0.2, 0.25) is 0 Å². The highest BCUT2D eigenvalue weighted by molar-refractivity contribution is 5.89. The minimum Gasteiger partial charge on any atom is -0.352 e. The lowest BCUT2D eigenvalue weighted by Crippen LogP contribution is -2.50. The third-order valence-corrected chi connectivity index (χ3v) is 4.58. The number of nitrogens with one attached hydrogen (secondary N) is 1. The summed E-state index contributed by atoms with van der Waals surface area (Å²) in [6.45, 7) is 1.72. The lowest BCUT2D eigenvalue weighted by atomic mass is 10.3. The molecule has 0 bridgehead atoms. The molecule has 1 saturated heterocycles. The molecule has 2 amide bonds. The average Bonchev–Trinajstić information content (AvgIpc) is 3.28. The zero-order chi connectivity index (χ0) is 19.7. The number of rotatable bonds is 4. The van der Waals surface area contributed by atoms with Crippen molar-refractivity contribution in [2.75, 3.05) is 36.4 Å². The summed E-state index contributed by atoms with van der Waals surface area (Å²) in [6, 6.07) is -0.287. The van der Waals surface area contributed by atoms with Gasteiger partial charge in [0.05, 0.1) is 23.5 Å². The van der Waals surface area contributed by atoms with E-state index in [0.717, 1.165) is 21.5 Å². The number of aromatic nitrogens is 6. The number of hydrogen-bond donors (Lipinski definition) is 1. The third kappa shape index (κ3) is 3.57. The van der Waals surface area contributed by atoms with Crippen molar-refractivity contribution in [3.8, 4) is 0 Å². The summed E-state index contributed by atoms with van der Waals surface area (Å²) < 4.78 is 27.6. The summed E-state index contributed by atoms with van der Waals surface area (Å²) in [5.74, 6) is 0.798. The van der Waals surface area contributed by atoms with Crippen molar-refractivity contribution in [2.45, 2.75) is 13.0 Å². The molecule has 1 aliphatic rings. The second-order valence-electron chi connectivity index (χ2n) is 6.45. The molecule has 0 radical (unpaired) electrons. The van der Waals surface area contributed by atoms with Gasteiger partial charge >= 0.3 is 6.03 Å². The van der Waals surface area contributed by atoms with E-state index >= 15 is 0 Å². The molecule has 12 heteroatoms. The van der Waals surface area contributed by atoms with E-state index < -0.39 is 13.0 Å². The Morgan fingerprint density at radius 3 is 2.71 bits per heavy atom. The fraction of sp³-hybridized carbons (Fsp3) is 0.438. The molecule has 4 rings (SSSR count). The number of anilines is 2. The Kier molecular flexibility index (Phi) is 4.75. The molecular weight excluding hydrogens is 372 g/mol. The molecule has 0 spiro atoms. The van der Waals surface area contributed by atoms with Gasteiger partial charge in [-0.05, 0) is 0 Å². The Labute approximate surface area is 158 Å². The fourth-order valence-corrected chi connectivity index (χ4v) is 3.19. The van der Waals surface area contributed by atoms with Gasteiger partial charge in [-0.15, -0.1) is 0 Å². The SMILES string of the molecule is Cn1ncc2c(N3CCN(C(=O)Nc4cnn(CC(F)F)c4)CC3)ncnc21. The summed E-state index contributed by atoms with van der Waals surface area (Å²) in [5, 5.41) is 11.6. The summed E-state index contributed by atoms with van der Waals surface area (Å²) in [6.07, 6.45) is 3.50. The molecule has 0 unspecified atom stereocenters. The molecule has 4 heterocycles. The van der Waals surface area contributed by atoms with Crippen LogP contribution < -0.4 is 10.2 Å². The first-order valence-corrected chi connectivity index (χ1v) is 8.75. The van der Waals surface area contributed by atoms with Crippen molar-refractivity contribution < 1.29 is 13.6 Å². The highest BCUT2D eigenvalue weighted by Gasteiger charge is 2.24. The van der Waals surface area contributed by atoms with Crippen LogP contribution in [0.3, 0.4) is 0 Å². The third-order valence-electron chi connectivity index (χ3n) is 4.58. The molecular formula is C16H19F2N9O. The fourth-order valence-electron chi connectivity index (χ4n) is 3.19. The van der Waals surface area contributed by atoms with Crippen molar-refractivity contribution >= 4 is 28.6 Å². The Morgan fingerprint density at radius 1 is 1.18 bits per heavy atom. The van der Waals surface area contributed by atoms with Gasteiger partial charge in [0.1, 0.15) is 18.7 Å². The predicted molar refractivity (Wildman–Crippen MR) is 97.3 cm³/mol. The van der Waals surface area contributed by atoms with Crippen LogP contribution in [0.4, 0.5) is 25.1 Å². The maximum absolute atomic E-state index is 12.4. The van der Waals surface area contributed by atoms with Crippen LogP contribution in [-0.4, -0.2) is 73.1 Å². The first kappa shape index (κ1) is 18.1. The largest absolute Gasteiger partial charge is 0.352 e. The number of fused-ring (bicyclic) bond motifs is 1. The van der Waals surface area contributed by atoms with Crippen LogP contribution in [0.1, 0.15) is 0 Å². The molecule has 148 valence electrons. The van der Waals surface area contributed by atoms with Crippen molar-refractivity contribution in [3.63, 3.8) is 0 Å². The number of alkyl halides is 2. The Bertz CT molecular complexity index is 978. The van der Waals surface area contributed by atoms with Gasteiger partial charge in [0.25, 0.3) is 6.43 Å². The Morgan fingerprint density at radius 2 is 1.96 bits per heavy atom. The maximum Gasteiger partial charge on any atom is 0.322 e. The summed E-state index contributed by atoms with van der Waals surface area (Å²) >= 11 is 0. The normalized spacial score (nSPS) is 14.9. The lowest BCUT2D eigenvalue weighted by Gasteiger charge is -2.35. The van der Waals surface area contributed by atoms with Gasteiger partial charge in [-0.3, -0.25) is 9.36 Å². The standard InChI is InChI=1S/C16H19F2N9O/c1-24-14-12(7-21-24)15(20-10-19-14)25-2-4-26(5-3-25)16(28)23-11-6-22-27(8-11)9-13(17)18/h6-8,10,13H,2-5,9H2,1H3,(H,23,28). The lowest BCUT2D eigenvalue weighted by molar-refractivity contribution is 0.122. The summed E-state index contributed by atoms with van der Waals surface area (Å²) in [5.41, 5.74) is 1.15. The number of carbonyl (C=O) groups excluding carboxylic acids is 1. The van der Waals surface area contributed by atoms with Crippen molar-refractivity contribution in [3.05, 3.63) is 24.9 Å². The molecule has 1 aliphatic heterocycles. The number of hydrogen-bond acceptors (Lipinski definition) is 6. The Balaban J connectivity index is 1.37. The van der Waals surface area contributed by atoms with Crippen LogP contribution in [0.5, 0.6) is 0 Å². The number of aryl methyl sites for hydroxylation is 1. The summed E-state index contributed by atoms with van der Waals surface area (Å²) in [7, 11) is 1.82. The second kappa shape index (κ2) is 7.37. The molecule has 0 saturated carbocycles. The van der Waals surface area contributed by atoms with Gasteiger partial charge in [-0.1, -0.05) is 0 Å². The molecule has 0 atom stereocenters. The molecule has 1 N–H and O–H groups in total. The van der Waals surface area contributed by atoms with E-state index in [-0.39, 0.29) is 6.03 Å². The number of nitrogens with zero attached hydrogens (tertiary/aromatic N) is 8. The molecule has 28 heavy (non-hydrogen) atoms. The zero-order valence-corrected chi connectivity index (χ0v) is 15.2. The number of urea groups is 1. The highest BCUT2D eigenvalue weighted by atomic mass is 19.3. The van der Waals surface area contributed by atoms with Crippen LogP contribution in [0, 0.1) is 0 Å². The minimum atomic E-state index is -2.50. The molecule has 3 aromatic rings. The molecule has 0 aromatic carbocycles. The van der Waals surface area contributed by atoms with Gasteiger partial charge in [-0.25, -0.2) is 23.5 Å². The van der Waals surface area contributed by atoms with E-state index in [4.69, 9.17) is 0 Å². The van der Waals surface area contributed by atoms with Crippen molar-refractivity contribution in [1.29, 1.82) is 0 Å². The topological polar surface area (TPSA) is 97.0 Å². The average molecular weight is 391 g/mol. The minimum absolute atomic E-state index is 0.287. The zero-order valence-electron chi connectivity index (χ0n) is 15.2. The number of piperazine rings is 1. The summed E-state index contributed by atoms with van der Waals surface area (Å²) in [4.78, 5) is 24.8. The van der Waals surface area contributed by atoms with Crippen LogP contribution in [0.15, 0.2) is 24.9 Å². The first-order chi connectivity index (χ1) is 13.5. The predicted octanol–water partition coefficient (Wildman–Crippen LogP) is 1.18. The van der Waals surface area contributed by atoms with Crippen LogP contribution in [-0.2, 0) is 13.6 Å². The van der Waals surface area contributed by atoms with Crippen LogP contribution in [0.25, 0.3) is 11.0 Å². The van der Waals surface area contributed by atoms with Crippen LogP contribution >= 0.6 is 0 Å². The first-order valence-electron chi connectivity index (χ1n) is 8.75. The van der Waals surface area contributed by atoms with E-state index in [1.807, 2.05) is 7.05 Å².